The Morgan fingerprint density at radius 3 is 2.87 bits per heavy atom. The second kappa shape index (κ2) is 4.49. The number of hydrogen-bond donors (Lipinski definition) is 1. The van der Waals surface area contributed by atoms with Gasteiger partial charge in [0.05, 0.1) is 11.7 Å². The third-order valence-electron chi connectivity index (χ3n) is 2.62. The van der Waals surface area contributed by atoms with Crippen LogP contribution < -0.4 is 10.6 Å². The van der Waals surface area contributed by atoms with Crippen LogP contribution in [0, 0.1) is 3.57 Å². The Kier molecular flexibility index (Phi) is 3.25. The topological polar surface area (TPSA) is 46.3 Å². The first kappa shape index (κ1) is 10.9. The number of piperidine rings is 1. The number of anilines is 1. The van der Waals surface area contributed by atoms with Gasteiger partial charge in [-0.25, -0.2) is 0 Å². The molecule has 2 rings (SSSR count). The van der Waals surface area contributed by atoms with Crippen molar-refractivity contribution < 1.29 is 4.79 Å². The van der Waals surface area contributed by atoms with Crippen LogP contribution in [-0.2, 0) is 4.79 Å². The molecule has 4 heteroatoms. The molecular formula is C11H13IN2O. The Bertz CT molecular complexity index is 381. The van der Waals surface area contributed by atoms with Crippen molar-refractivity contribution in [2.45, 2.75) is 18.9 Å². The fraction of sp³-hybridized carbons (Fsp3) is 0.364. The van der Waals surface area contributed by atoms with E-state index < -0.39 is 0 Å². The lowest BCUT2D eigenvalue weighted by Gasteiger charge is -2.31. The summed E-state index contributed by atoms with van der Waals surface area (Å²) in [6.45, 7) is 0.784. The molecule has 2 N–H and O–H groups in total. The molecule has 0 aromatic heterocycles. The molecule has 1 amide bonds. The summed E-state index contributed by atoms with van der Waals surface area (Å²) in [4.78, 5) is 13.7. The number of carbonyl (C=O) groups is 1. The monoisotopic (exact) mass is 316 g/mol. The van der Waals surface area contributed by atoms with Crippen LogP contribution in [0.1, 0.15) is 12.8 Å². The van der Waals surface area contributed by atoms with Crippen molar-refractivity contribution in [2.75, 3.05) is 11.4 Å². The van der Waals surface area contributed by atoms with E-state index in [4.69, 9.17) is 5.73 Å². The highest BCUT2D eigenvalue weighted by atomic mass is 127. The molecule has 0 saturated carbocycles. The molecule has 3 nitrogen and oxygen atoms in total. The van der Waals surface area contributed by atoms with E-state index >= 15 is 0 Å². The average molecular weight is 316 g/mol. The lowest BCUT2D eigenvalue weighted by molar-refractivity contribution is -0.120. The zero-order valence-electron chi connectivity index (χ0n) is 8.32. The van der Waals surface area contributed by atoms with E-state index in [-0.39, 0.29) is 11.9 Å². The number of benzene rings is 1. The fourth-order valence-corrected chi connectivity index (χ4v) is 2.49. The second-order valence-electron chi connectivity index (χ2n) is 3.69. The number of halogens is 1. The van der Waals surface area contributed by atoms with Gasteiger partial charge >= 0.3 is 0 Å². The van der Waals surface area contributed by atoms with E-state index in [2.05, 4.69) is 22.6 Å². The number of nitrogens with two attached hydrogens (primary N) is 1. The molecule has 1 aliphatic heterocycles. The third-order valence-corrected chi connectivity index (χ3v) is 3.54. The third kappa shape index (κ3) is 2.15. The summed E-state index contributed by atoms with van der Waals surface area (Å²) in [5.74, 6) is 0.0466. The molecule has 1 saturated heterocycles. The van der Waals surface area contributed by atoms with Gasteiger partial charge in [0.1, 0.15) is 0 Å². The van der Waals surface area contributed by atoms with Gasteiger partial charge < -0.3 is 10.6 Å². The minimum absolute atomic E-state index is 0.0466. The van der Waals surface area contributed by atoms with E-state index in [9.17, 15) is 4.79 Å². The van der Waals surface area contributed by atoms with Gasteiger partial charge in [-0.05, 0) is 47.6 Å². The summed E-state index contributed by atoms with van der Waals surface area (Å²) >= 11 is 2.25. The number of amides is 1. The zero-order valence-corrected chi connectivity index (χ0v) is 10.5. The normalized spacial score (nSPS) is 21.9. The van der Waals surface area contributed by atoms with Gasteiger partial charge in [0, 0.05) is 10.1 Å². The SMILES string of the molecule is NC1CCCN(c2ccccc2I)C1=O. The van der Waals surface area contributed by atoms with Crippen LogP contribution in [0.25, 0.3) is 0 Å². The predicted molar refractivity (Wildman–Crippen MR) is 68.7 cm³/mol. The summed E-state index contributed by atoms with van der Waals surface area (Å²) in [5, 5.41) is 0. The number of carbonyl (C=O) groups excluding carboxylic acids is 1. The molecule has 15 heavy (non-hydrogen) atoms. The van der Waals surface area contributed by atoms with Crippen molar-refractivity contribution in [3.8, 4) is 0 Å². The van der Waals surface area contributed by atoms with E-state index in [1.807, 2.05) is 24.3 Å². The molecular weight excluding hydrogens is 303 g/mol. The molecule has 0 spiro atoms. The van der Waals surface area contributed by atoms with E-state index in [1.54, 1.807) is 4.90 Å². The zero-order chi connectivity index (χ0) is 10.8. The van der Waals surface area contributed by atoms with E-state index in [1.165, 1.54) is 0 Å². The van der Waals surface area contributed by atoms with Crippen molar-refractivity contribution >= 4 is 34.2 Å². The lowest BCUT2D eigenvalue weighted by atomic mass is 10.1. The van der Waals surface area contributed by atoms with Gasteiger partial charge in [-0.2, -0.15) is 0 Å². The number of nitrogens with zero attached hydrogens (tertiary/aromatic N) is 1. The molecule has 0 radical (unpaired) electrons. The maximum Gasteiger partial charge on any atom is 0.243 e. The first-order valence-corrected chi connectivity index (χ1v) is 6.09. The number of hydrogen-bond acceptors (Lipinski definition) is 2. The molecule has 1 aromatic carbocycles. The van der Waals surface area contributed by atoms with Crippen molar-refractivity contribution in [1.29, 1.82) is 0 Å². The molecule has 0 aliphatic carbocycles. The minimum atomic E-state index is -0.324. The maximum atomic E-state index is 11.9. The molecule has 1 fully saturated rings. The van der Waals surface area contributed by atoms with Crippen LogP contribution in [-0.4, -0.2) is 18.5 Å². The summed E-state index contributed by atoms with van der Waals surface area (Å²) in [6.07, 6.45) is 1.79. The van der Waals surface area contributed by atoms with Gasteiger partial charge in [-0.3, -0.25) is 4.79 Å². The maximum absolute atomic E-state index is 11.9. The van der Waals surface area contributed by atoms with Crippen LogP contribution in [0.2, 0.25) is 0 Å². The second-order valence-corrected chi connectivity index (χ2v) is 4.85. The van der Waals surface area contributed by atoms with Gasteiger partial charge in [0.15, 0.2) is 0 Å². The van der Waals surface area contributed by atoms with E-state index in [0.717, 1.165) is 28.6 Å². The molecule has 1 aromatic rings. The lowest BCUT2D eigenvalue weighted by Crippen LogP contribution is -2.48. The standard InChI is InChI=1S/C11H13IN2O/c12-8-4-1-2-6-10(8)14-7-3-5-9(13)11(14)15/h1-2,4,6,9H,3,5,7,13H2. The van der Waals surface area contributed by atoms with Gasteiger partial charge in [-0.1, -0.05) is 12.1 Å². The van der Waals surface area contributed by atoms with Crippen LogP contribution in [0.3, 0.4) is 0 Å². The Morgan fingerprint density at radius 1 is 1.40 bits per heavy atom. The number of para-hydroxylation sites is 1. The summed E-state index contributed by atoms with van der Waals surface area (Å²) in [6, 6.07) is 7.57. The largest absolute Gasteiger partial charge is 0.320 e. The summed E-state index contributed by atoms with van der Waals surface area (Å²) in [5.41, 5.74) is 6.75. The van der Waals surface area contributed by atoms with Crippen LogP contribution in [0.4, 0.5) is 5.69 Å². The van der Waals surface area contributed by atoms with Crippen molar-refractivity contribution in [1.82, 2.24) is 0 Å². The Morgan fingerprint density at radius 2 is 2.13 bits per heavy atom. The van der Waals surface area contributed by atoms with Gasteiger partial charge in [-0.15, -0.1) is 0 Å². The first-order chi connectivity index (χ1) is 7.20. The highest BCUT2D eigenvalue weighted by Gasteiger charge is 2.27. The van der Waals surface area contributed by atoms with E-state index in [0.29, 0.717) is 0 Å². The predicted octanol–water partition coefficient (Wildman–Crippen LogP) is 1.75. The van der Waals surface area contributed by atoms with Crippen molar-refractivity contribution in [2.24, 2.45) is 5.73 Å². The minimum Gasteiger partial charge on any atom is -0.320 e. The van der Waals surface area contributed by atoms with Crippen molar-refractivity contribution in [3.05, 3.63) is 27.8 Å². The quantitative estimate of drug-likeness (QED) is 0.802. The molecule has 80 valence electrons. The summed E-state index contributed by atoms with van der Waals surface area (Å²) < 4.78 is 1.09. The average Bonchev–Trinajstić information content (AvgIpc) is 2.23. The summed E-state index contributed by atoms with van der Waals surface area (Å²) in [7, 11) is 0. The Labute approximate surface area is 103 Å². The number of rotatable bonds is 1. The molecule has 1 heterocycles. The molecule has 1 aliphatic rings. The Balaban J connectivity index is 2.30. The van der Waals surface area contributed by atoms with Gasteiger partial charge in [0.25, 0.3) is 0 Å². The fourth-order valence-electron chi connectivity index (χ4n) is 1.81. The molecule has 1 unspecified atom stereocenters. The highest BCUT2D eigenvalue weighted by Crippen LogP contribution is 2.25. The molecule has 1 atom stereocenters. The van der Waals surface area contributed by atoms with Crippen LogP contribution >= 0.6 is 22.6 Å². The van der Waals surface area contributed by atoms with Gasteiger partial charge in [0.2, 0.25) is 5.91 Å². The molecule has 0 bridgehead atoms. The van der Waals surface area contributed by atoms with Crippen LogP contribution in [0.15, 0.2) is 24.3 Å². The first-order valence-electron chi connectivity index (χ1n) is 5.01. The Hall–Kier alpha value is -0.620. The highest BCUT2D eigenvalue weighted by molar-refractivity contribution is 14.1. The van der Waals surface area contributed by atoms with Crippen molar-refractivity contribution in [3.63, 3.8) is 0 Å². The van der Waals surface area contributed by atoms with Crippen LogP contribution in [0.5, 0.6) is 0 Å². The smallest absolute Gasteiger partial charge is 0.243 e.